The van der Waals surface area contributed by atoms with Crippen molar-refractivity contribution in [2.45, 2.75) is 0 Å². The monoisotopic (exact) mass is 199 g/mol. The van der Waals surface area contributed by atoms with Crippen molar-refractivity contribution < 1.29 is 8.78 Å². The van der Waals surface area contributed by atoms with Gasteiger partial charge in [0.15, 0.2) is 11.6 Å². The minimum atomic E-state index is -0.808. The molecule has 0 unspecified atom stereocenters. The van der Waals surface area contributed by atoms with Crippen LogP contribution in [-0.4, -0.2) is 5.75 Å². The summed E-state index contributed by atoms with van der Waals surface area (Å²) in [5, 5.41) is 0. The maximum atomic E-state index is 12.8. The normalized spacial score (nSPS) is 15.4. The van der Waals surface area contributed by atoms with Crippen LogP contribution in [0.4, 0.5) is 14.5 Å². The fourth-order valence-electron chi connectivity index (χ4n) is 1.09. The van der Waals surface area contributed by atoms with Gasteiger partial charge in [0.1, 0.15) is 0 Å². The summed E-state index contributed by atoms with van der Waals surface area (Å²) in [6.45, 7) is 0. The molecule has 1 aliphatic heterocycles. The van der Waals surface area contributed by atoms with Crippen LogP contribution in [0.25, 0.3) is 0 Å². The fraction of sp³-hybridized carbons (Fsp3) is 0.111. The van der Waals surface area contributed by atoms with Crippen molar-refractivity contribution in [3.63, 3.8) is 0 Å². The molecule has 1 aliphatic rings. The van der Waals surface area contributed by atoms with Gasteiger partial charge >= 0.3 is 0 Å². The molecule has 0 aliphatic carbocycles. The summed E-state index contributed by atoms with van der Waals surface area (Å²) in [6, 6.07) is 3.89. The number of hydrogen-bond acceptors (Lipinski definition) is 2. The molecule has 0 radical (unpaired) electrons. The number of nitrogens with zero attached hydrogens (tertiary/aromatic N) is 1. The van der Waals surface area contributed by atoms with Crippen LogP contribution in [0.2, 0.25) is 0 Å². The molecule has 1 aromatic carbocycles. The van der Waals surface area contributed by atoms with Crippen molar-refractivity contribution in [1.82, 2.24) is 0 Å². The smallest absolute Gasteiger partial charge is 0.160 e. The molecule has 68 valence electrons. The summed E-state index contributed by atoms with van der Waals surface area (Å²) in [6.07, 6.45) is 3.81. The Morgan fingerprint density at radius 2 is 2.08 bits per heavy atom. The van der Waals surface area contributed by atoms with Crippen LogP contribution >= 0.6 is 11.9 Å². The quantitative estimate of drug-likeness (QED) is 0.640. The van der Waals surface area contributed by atoms with E-state index >= 15 is 0 Å². The van der Waals surface area contributed by atoms with Gasteiger partial charge < -0.3 is 0 Å². The minimum absolute atomic E-state index is 0.664. The third-order valence-electron chi connectivity index (χ3n) is 1.71. The lowest BCUT2D eigenvalue weighted by atomic mass is 10.3. The Labute approximate surface area is 79.2 Å². The molecule has 1 nitrogen and oxygen atoms in total. The maximum Gasteiger partial charge on any atom is 0.160 e. The van der Waals surface area contributed by atoms with Crippen LogP contribution in [0.1, 0.15) is 0 Å². The molecule has 0 N–H and O–H groups in total. The lowest BCUT2D eigenvalue weighted by Gasteiger charge is -2.13. The minimum Gasteiger partial charge on any atom is -0.292 e. The highest BCUT2D eigenvalue weighted by atomic mass is 32.2. The van der Waals surface area contributed by atoms with E-state index in [2.05, 4.69) is 0 Å². The fourth-order valence-corrected chi connectivity index (χ4v) is 1.86. The van der Waals surface area contributed by atoms with Crippen LogP contribution < -0.4 is 4.31 Å². The summed E-state index contributed by atoms with van der Waals surface area (Å²) in [7, 11) is 0. The number of benzene rings is 1. The second-order valence-corrected chi connectivity index (χ2v) is 3.59. The Morgan fingerprint density at radius 3 is 2.69 bits per heavy atom. The average Bonchev–Trinajstić information content (AvgIpc) is 2.62. The van der Waals surface area contributed by atoms with Crippen molar-refractivity contribution in [3.05, 3.63) is 42.1 Å². The zero-order valence-corrected chi connectivity index (χ0v) is 7.52. The van der Waals surface area contributed by atoms with Gasteiger partial charge in [0, 0.05) is 18.0 Å². The highest BCUT2D eigenvalue weighted by Gasteiger charge is 2.10. The van der Waals surface area contributed by atoms with E-state index in [0.29, 0.717) is 5.69 Å². The van der Waals surface area contributed by atoms with E-state index in [0.717, 1.165) is 11.8 Å². The molecule has 4 heteroatoms. The van der Waals surface area contributed by atoms with Crippen molar-refractivity contribution in [1.29, 1.82) is 0 Å². The average molecular weight is 199 g/mol. The largest absolute Gasteiger partial charge is 0.292 e. The van der Waals surface area contributed by atoms with Crippen molar-refractivity contribution in [2.24, 2.45) is 0 Å². The topological polar surface area (TPSA) is 3.24 Å². The first-order chi connectivity index (χ1) is 6.27. The second-order valence-electron chi connectivity index (χ2n) is 2.60. The number of rotatable bonds is 1. The summed E-state index contributed by atoms with van der Waals surface area (Å²) in [5.74, 6) is -0.741. The van der Waals surface area contributed by atoms with E-state index < -0.39 is 11.6 Å². The van der Waals surface area contributed by atoms with Crippen LogP contribution in [0.5, 0.6) is 0 Å². The highest BCUT2D eigenvalue weighted by Crippen LogP contribution is 2.27. The molecule has 0 spiro atoms. The predicted molar refractivity (Wildman–Crippen MR) is 50.4 cm³/mol. The molecular weight excluding hydrogens is 192 g/mol. The van der Waals surface area contributed by atoms with Gasteiger partial charge in [0.2, 0.25) is 0 Å². The molecule has 13 heavy (non-hydrogen) atoms. The Balaban J connectivity index is 2.30. The number of hydrogen-bond donors (Lipinski definition) is 0. The van der Waals surface area contributed by atoms with E-state index in [9.17, 15) is 8.78 Å². The van der Waals surface area contributed by atoms with Gasteiger partial charge in [-0.25, -0.2) is 8.78 Å². The van der Waals surface area contributed by atoms with Crippen LogP contribution in [0, 0.1) is 11.6 Å². The summed E-state index contributed by atoms with van der Waals surface area (Å²) in [4.78, 5) is 0. The third kappa shape index (κ3) is 1.67. The van der Waals surface area contributed by atoms with Gasteiger partial charge in [-0.15, -0.1) is 0 Å². The molecular formula is C9H7F2NS. The van der Waals surface area contributed by atoms with Crippen molar-refractivity contribution in [3.8, 4) is 0 Å². The van der Waals surface area contributed by atoms with Crippen LogP contribution in [0.3, 0.4) is 0 Å². The van der Waals surface area contributed by atoms with E-state index in [1.807, 2.05) is 16.6 Å². The Morgan fingerprint density at radius 1 is 1.23 bits per heavy atom. The van der Waals surface area contributed by atoms with E-state index in [-0.39, 0.29) is 0 Å². The lowest BCUT2D eigenvalue weighted by Crippen LogP contribution is -2.01. The van der Waals surface area contributed by atoms with Crippen molar-refractivity contribution in [2.75, 3.05) is 10.1 Å². The van der Waals surface area contributed by atoms with Gasteiger partial charge in [-0.1, -0.05) is 6.08 Å². The summed E-state index contributed by atoms with van der Waals surface area (Å²) >= 11 is 1.54. The SMILES string of the molecule is Fc1ccc(N2C=CCS2)cc1F. The standard InChI is InChI=1S/C9H7F2NS/c10-8-3-2-7(6-9(8)11)12-4-1-5-13-12/h1-4,6H,5H2. The summed E-state index contributed by atoms with van der Waals surface area (Å²) in [5.41, 5.74) is 0.664. The van der Waals surface area contributed by atoms with Crippen molar-refractivity contribution >= 4 is 17.6 Å². The third-order valence-corrected chi connectivity index (χ3v) is 2.66. The predicted octanol–water partition coefficient (Wildman–Crippen LogP) is 2.95. The first-order valence-corrected chi connectivity index (χ1v) is 4.75. The first-order valence-electron chi connectivity index (χ1n) is 3.81. The number of anilines is 1. The molecule has 0 saturated heterocycles. The van der Waals surface area contributed by atoms with E-state index in [4.69, 9.17) is 0 Å². The Kier molecular flexibility index (Phi) is 2.22. The molecule has 0 amide bonds. The Hall–Kier alpha value is -1.03. The zero-order chi connectivity index (χ0) is 9.26. The second kappa shape index (κ2) is 3.38. The van der Waals surface area contributed by atoms with Crippen LogP contribution in [-0.2, 0) is 0 Å². The summed E-state index contributed by atoms with van der Waals surface area (Å²) < 4.78 is 27.2. The highest BCUT2D eigenvalue weighted by molar-refractivity contribution is 8.01. The van der Waals surface area contributed by atoms with Gasteiger partial charge in [0.05, 0.1) is 5.69 Å². The van der Waals surface area contributed by atoms with E-state index in [1.54, 1.807) is 18.0 Å². The molecule has 1 heterocycles. The van der Waals surface area contributed by atoms with Gasteiger partial charge in [-0.05, 0) is 24.1 Å². The molecule has 0 saturated carbocycles. The molecule has 1 aromatic rings. The lowest BCUT2D eigenvalue weighted by molar-refractivity contribution is 0.509. The van der Waals surface area contributed by atoms with Gasteiger partial charge in [0.25, 0.3) is 0 Å². The Bertz CT molecular complexity index is 351. The van der Waals surface area contributed by atoms with Gasteiger partial charge in [-0.2, -0.15) is 0 Å². The maximum absolute atomic E-state index is 12.8. The molecule has 0 fully saturated rings. The molecule has 0 bridgehead atoms. The zero-order valence-electron chi connectivity index (χ0n) is 6.71. The van der Waals surface area contributed by atoms with Gasteiger partial charge in [-0.3, -0.25) is 4.31 Å². The first kappa shape index (κ1) is 8.56. The molecule has 2 rings (SSSR count). The number of halogens is 2. The molecule has 0 atom stereocenters. The van der Waals surface area contributed by atoms with E-state index in [1.165, 1.54) is 6.07 Å². The van der Waals surface area contributed by atoms with Crippen LogP contribution in [0.15, 0.2) is 30.5 Å². The molecule has 0 aromatic heterocycles.